The highest BCUT2D eigenvalue weighted by molar-refractivity contribution is 5.76. The third-order valence-electron chi connectivity index (χ3n) is 2.58. The van der Waals surface area contributed by atoms with Crippen molar-refractivity contribution in [2.24, 2.45) is 5.92 Å². The lowest BCUT2D eigenvalue weighted by molar-refractivity contribution is -0.138. The molecule has 1 aromatic rings. The lowest BCUT2D eigenvalue weighted by Gasteiger charge is -2.17. The molecule has 5 heteroatoms. The molecule has 0 bridgehead atoms. The number of hydrogen-bond donors (Lipinski definition) is 2. The van der Waals surface area contributed by atoms with Gasteiger partial charge in [-0.1, -0.05) is 20.8 Å². The van der Waals surface area contributed by atoms with Gasteiger partial charge in [0.2, 0.25) is 0 Å². The zero-order valence-corrected chi connectivity index (χ0v) is 11.4. The SMILES string of the molecule is CCc1cc(NC(CC(C)C)C(=O)O)nc(C)n1. The van der Waals surface area contributed by atoms with E-state index in [9.17, 15) is 9.90 Å². The van der Waals surface area contributed by atoms with Gasteiger partial charge in [0.1, 0.15) is 17.7 Å². The molecule has 1 heterocycles. The predicted molar refractivity (Wildman–Crippen MR) is 70.6 cm³/mol. The highest BCUT2D eigenvalue weighted by Gasteiger charge is 2.19. The Kier molecular flexibility index (Phi) is 5.07. The third-order valence-corrected chi connectivity index (χ3v) is 2.58. The molecule has 0 aliphatic rings. The fraction of sp³-hybridized carbons (Fsp3) is 0.615. The van der Waals surface area contributed by atoms with Gasteiger partial charge in [0.15, 0.2) is 0 Å². The molecule has 1 aromatic heterocycles. The van der Waals surface area contributed by atoms with Gasteiger partial charge in [0, 0.05) is 11.8 Å². The topological polar surface area (TPSA) is 75.1 Å². The summed E-state index contributed by atoms with van der Waals surface area (Å²) in [6.07, 6.45) is 1.37. The maximum atomic E-state index is 11.2. The van der Waals surface area contributed by atoms with E-state index >= 15 is 0 Å². The van der Waals surface area contributed by atoms with E-state index in [1.165, 1.54) is 0 Å². The van der Waals surface area contributed by atoms with E-state index in [-0.39, 0.29) is 0 Å². The Bertz CT molecular complexity index is 419. The fourth-order valence-corrected chi connectivity index (χ4v) is 1.76. The molecule has 100 valence electrons. The highest BCUT2D eigenvalue weighted by Crippen LogP contribution is 2.13. The van der Waals surface area contributed by atoms with Gasteiger partial charge in [-0.2, -0.15) is 0 Å². The minimum absolute atomic E-state index is 0.312. The van der Waals surface area contributed by atoms with Crippen molar-refractivity contribution in [1.29, 1.82) is 0 Å². The molecule has 0 radical (unpaired) electrons. The van der Waals surface area contributed by atoms with Gasteiger partial charge in [-0.25, -0.2) is 14.8 Å². The van der Waals surface area contributed by atoms with Gasteiger partial charge in [-0.05, 0) is 25.7 Å². The standard InChI is InChI=1S/C13H21N3O2/c1-5-10-7-12(15-9(4)14-10)16-11(13(17)18)6-8(2)3/h7-8,11H,5-6H2,1-4H3,(H,17,18)(H,14,15,16). The van der Waals surface area contributed by atoms with E-state index in [2.05, 4.69) is 15.3 Å². The maximum Gasteiger partial charge on any atom is 0.326 e. The van der Waals surface area contributed by atoms with Crippen LogP contribution in [0.25, 0.3) is 0 Å². The van der Waals surface area contributed by atoms with Crippen molar-refractivity contribution < 1.29 is 9.90 Å². The molecule has 0 saturated carbocycles. The van der Waals surface area contributed by atoms with Crippen molar-refractivity contribution in [3.63, 3.8) is 0 Å². The summed E-state index contributed by atoms with van der Waals surface area (Å²) < 4.78 is 0. The van der Waals surface area contributed by atoms with E-state index in [4.69, 9.17) is 0 Å². The first-order valence-corrected chi connectivity index (χ1v) is 6.26. The number of nitrogens with zero attached hydrogens (tertiary/aromatic N) is 2. The van der Waals surface area contributed by atoms with Crippen LogP contribution in [0, 0.1) is 12.8 Å². The van der Waals surface area contributed by atoms with Gasteiger partial charge in [-0.3, -0.25) is 0 Å². The lowest BCUT2D eigenvalue weighted by Crippen LogP contribution is -2.31. The second-order valence-corrected chi connectivity index (χ2v) is 4.81. The molecular weight excluding hydrogens is 230 g/mol. The summed E-state index contributed by atoms with van der Waals surface area (Å²) in [7, 11) is 0. The van der Waals surface area contributed by atoms with E-state index in [0.717, 1.165) is 12.1 Å². The molecule has 0 aromatic carbocycles. The van der Waals surface area contributed by atoms with Gasteiger partial charge in [0.25, 0.3) is 0 Å². The Morgan fingerprint density at radius 2 is 2.11 bits per heavy atom. The average molecular weight is 251 g/mol. The molecule has 0 saturated heterocycles. The first-order valence-electron chi connectivity index (χ1n) is 6.26. The van der Waals surface area contributed by atoms with Crippen LogP contribution in [0.5, 0.6) is 0 Å². The Labute approximate surface area is 108 Å². The van der Waals surface area contributed by atoms with Gasteiger partial charge >= 0.3 is 5.97 Å². The highest BCUT2D eigenvalue weighted by atomic mass is 16.4. The number of anilines is 1. The van der Waals surface area contributed by atoms with E-state index in [1.54, 1.807) is 0 Å². The Morgan fingerprint density at radius 1 is 1.44 bits per heavy atom. The molecule has 0 aliphatic heterocycles. The number of aryl methyl sites for hydroxylation is 2. The largest absolute Gasteiger partial charge is 0.480 e. The number of carboxylic acids is 1. The first kappa shape index (κ1) is 14.4. The summed E-state index contributed by atoms with van der Waals surface area (Å²) in [5, 5.41) is 12.1. The zero-order chi connectivity index (χ0) is 13.7. The van der Waals surface area contributed by atoms with Crippen molar-refractivity contribution in [2.45, 2.75) is 46.6 Å². The van der Waals surface area contributed by atoms with Gasteiger partial charge in [0.05, 0.1) is 0 Å². The first-order chi connectivity index (χ1) is 8.42. The quantitative estimate of drug-likeness (QED) is 0.811. The number of aliphatic carboxylic acids is 1. The minimum atomic E-state index is -0.849. The maximum absolute atomic E-state index is 11.2. The van der Waals surface area contributed by atoms with Crippen LogP contribution in [-0.2, 0) is 11.2 Å². The normalized spacial score (nSPS) is 12.5. The molecule has 1 rings (SSSR count). The molecule has 5 nitrogen and oxygen atoms in total. The summed E-state index contributed by atoms with van der Waals surface area (Å²) in [4.78, 5) is 19.7. The Balaban J connectivity index is 2.86. The summed E-state index contributed by atoms with van der Waals surface area (Å²) in [6, 6.07) is 1.20. The molecule has 0 amide bonds. The molecule has 0 spiro atoms. The van der Waals surface area contributed by atoms with Crippen LogP contribution in [0.4, 0.5) is 5.82 Å². The number of hydrogen-bond acceptors (Lipinski definition) is 4. The fourth-order valence-electron chi connectivity index (χ4n) is 1.76. The van der Waals surface area contributed by atoms with Crippen molar-refractivity contribution >= 4 is 11.8 Å². The average Bonchev–Trinajstić information content (AvgIpc) is 2.26. The van der Waals surface area contributed by atoms with Crippen molar-refractivity contribution in [3.8, 4) is 0 Å². The van der Waals surface area contributed by atoms with E-state index in [1.807, 2.05) is 33.8 Å². The summed E-state index contributed by atoms with van der Waals surface area (Å²) >= 11 is 0. The van der Waals surface area contributed by atoms with Crippen LogP contribution in [-0.4, -0.2) is 27.1 Å². The zero-order valence-electron chi connectivity index (χ0n) is 11.4. The van der Waals surface area contributed by atoms with Crippen LogP contribution in [0.1, 0.15) is 38.7 Å². The van der Waals surface area contributed by atoms with Crippen molar-refractivity contribution in [1.82, 2.24) is 9.97 Å². The summed E-state index contributed by atoms with van der Waals surface area (Å²) in [6.45, 7) is 7.82. The molecule has 0 fully saturated rings. The molecule has 1 atom stereocenters. The van der Waals surface area contributed by atoms with Crippen LogP contribution < -0.4 is 5.32 Å². The van der Waals surface area contributed by atoms with E-state index in [0.29, 0.717) is 24.0 Å². The molecule has 1 unspecified atom stereocenters. The summed E-state index contributed by atoms with van der Waals surface area (Å²) in [5.41, 5.74) is 0.915. The van der Waals surface area contributed by atoms with Crippen molar-refractivity contribution in [3.05, 3.63) is 17.6 Å². The smallest absolute Gasteiger partial charge is 0.326 e. The minimum Gasteiger partial charge on any atom is -0.480 e. The molecule has 18 heavy (non-hydrogen) atoms. The predicted octanol–water partition coefficient (Wildman–Crippen LogP) is 2.26. The van der Waals surface area contributed by atoms with Crippen LogP contribution in [0.2, 0.25) is 0 Å². The molecule has 0 aliphatic carbocycles. The Hall–Kier alpha value is -1.65. The summed E-state index contributed by atoms with van der Waals surface area (Å²) in [5.74, 6) is 0.711. The number of carbonyl (C=O) groups is 1. The van der Waals surface area contributed by atoms with Crippen LogP contribution >= 0.6 is 0 Å². The van der Waals surface area contributed by atoms with Crippen molar-refractivity contribution in [2.75, 3.05) is 5.32 Å². The monoisotopic (exact) mass is 251 g/mol. The Morgan fingerprint density at radius 3 is 2.61 bits per heavy atom. The number of rotatable bonds is 6. The number of nitrogens with one attached hydrogen (secondary N) is 1. The lowest BCUT2D eigenvalue weighted by atomic mass is 10.0. The van der Waals surface area contributed by atoms with Gasteiger partial charge in [-0.15, -0.1) is 0 Å². The second-order valence-electron chi connectivity index (χ2n) is 4.81. The van der Waals surface area contributed by atoms with Crippen LogP contribution in [0.3, 0.4) is 0 Å². The van der Waals surface area contributed by atoms with E-state index < -0.39 is 12.0 Å². The number of carboxylic acid groups (broad SMARTS) is 1. The number of aromatic nitrogens is 2. The molecule has 2 N–H and O–H groups in total. The molecular formula is C13H21N3O2. The third kappa shape index (κ3) is 4.31. The van der Waals surface area contributed by atoms with Crippen LogP contribution in [0.15, 0.2) is 6.07 Å². The van der Waals surface area contributed by atoms with Gasteiger partial charge < -0.3 is 10.4 Å². The second kappa shape index (κ2) is 6.33.